The minimum atomic E-state index is -0.370. The Labute approximate surface area is 197 Å². The van der Waals surface area contributed by atoms with Crippen molar-refractivity contribution in [3.8, 4) is 5.75 Å². The molecule has 1 saturated carbocycles. The van der Waals surface area contributed by atoms with E-state index in [1.165, 1.54) is 30.6 Å². The molecule has 176 valence electrons. The van der Waals surface area contributed by atoms with Gasteiger partial charge in [-0.25, -0.2) is 4.68 Å². The Morgan fingerprint density at radius 2 is 1.82 bits per heavy atom. The highest BCUT2D eigenvalue weighted by Crippen LogP contribution is 2.32. The molecule has 0 atom stereocenters. The lowest BCUT2D eigenvalue weighted by atomic mass is 9.89. The van der Waals surface area contributed by atoms with Gasteiger partial charge in [0.05, 0.1) is 12.6 Å². The number of thiazole rings is 1. The zero-order valence-electron chi connectivity index (χ0n) is 19.6. The molecule has 0 unspecified atom stereocenters. The van der Waals surface area contributed by atoms with Gasteiger partial charge in [0.1, 0.15) is 10.4 Å². The van der Waals surface area contributed by atoms with Crippen molar-refractivity contribution in [1.82, 2.24) is 20.1 Å². The van der Waals surface area contributed by atoms with Crippen molar-refractivity contribution in [2.45, 2.75) is 58.4 Å². The number of hydrogen-bond acceptors (Lipinski definition) is 6. The Morgan fingerprint density at radius 1 is 1.12 bits per heavy atom. The summed E-state index contributed by atoms with van der Waals surface area (Å²) >= 11 is 1.27. The third-order valence-corrected chi connectivity index (χ3v) is 6.89. The smallest absolute Gasteiger partial charge is 0.273 e. The quantitative estimate of drug-likeness (QED) is 0.539. The van der Waals surface area contributed by atoms with Crippen LogP contribution in [0.15, 0.2) is 24.3 Å². The fourth-order valence-corrected chi connectivity index (χ4v) is 5.02. The van der Waals surface area contributed by atoms with Crippen molar-refractivity contribution < 1.29 is 14.3 Å². The maximum atomic E-state index is 13.0. The summed E-state index contributed by atoms with van der Waals surface area (Å²) in [4.78, 5) is 30.4. The van der Waals surface area contributed by atoms with Crippen molar-refractivity contribution in [3.05, 3.63) is 35.5 Å². The van der Waals surface area contributed by atoms with Crippen LogP contribution in [0.3, 0.4) is 0 Å². The normalized spacial score (nSPS) is 14.9. The summed E-state index contributed by atoms with van der Waals surface area (Å²) in [5.41, 5.74) is 1.09. The van der Waals surface area contributed by atoms with Crippen LogP contribution in [0.4, 0.5) is 5.13 Å². The average molecular weight is 470 g/mol. The van der Waals surface area contributed by atoms with Crippen molar-refractivity contribution in [1.29, 1.82) is 0 Å². The summed E-state index contributed by atoms with van der Waals surface area (Å²) in [5, 5.41) is 11.0. The first-order valence-corrected chi connectivity index (χ1v) is 12.2. The molecule has 33 heavy (non-hydrogen) atoms. The highest BCUT2D eigenvalue weighted by Gasteiger charge is 2.28. The Bertz CT molecular complexity index is 1140. The van der Waals surface area contributed by atoms with Crippen LogP contribution in [0.25, 0.3) is 10.3 Å². The Morgan fingerprint density at radius 3 is 2.45 bits per heavy atom. The number of nitrogens with zero attached hydrogens (tertiary/aromatic N) is 3. The van der Waals surface area contributed by atoms with Crippen LogP contribution in [0.2, 0.25) is 0 Å². The molecule has 3 aromatic rings. The van der Waals surface area contributed by atoms with Crippen LogP contribution in [0, 0.1) is 5.92 Å². The first-order valence-electron chi connectivity index (χ1n) is 11.4. The maximum absolute atomic E-state index is 13.0. The van der Waals surface area contributed by atoms with E-state index in [1.807, 2.05) is 20.8 Å². The van der Waals surface area contributed by atoms with Crippen molar-refractivity contribution in [2.75, 3.05) is 19.0 Å². The van der Waals surface area contributed by atoms with Crippen LogP contribution >= 0.6 is 11.3 Å². The number of hydrogen-bond donors (Lipinski definition) is 2. The second-order valence-electron chi connectivity index (χ2n) is 9.50. The zero-order chi connectivity index (χ0) is 23.6. The molecule has 0 bridgehead atoms. The van der Waals surface area contributed by atoms with E-state index in [1.54, 1.807) is 36.1 Å². The highest BCUT2D eigenvalue weighted by atomic mass is 32.1. The molecule has 0 saturated heterocycles. The molecule has 0 aliphatic heterocycles. The van der Waals surface area contributed by atoms with E-state index in [0.717, 1.165) is 12.8 Å². The summed E-state index contributed by atoms with van der Waals surface area (Å²) < 4.78 is 7.58. The Kier molecular flexibility index (Phi) is 6.69. The molecule has 0 radical (unpaired) electrons. The lowest BCUT2D eigenvalue weighted by Crippen LogP contribution is -2.31. The number of fused-ring (bicyclic) bond motifs is 1. The monoisotopic (exact) mass is 469 g/mol. The first kappa shape index (κ1) is 23.2. The number of methoxy groups -OCH3 is 1. The standard InChI is InChI=1S/C24H31N5O3S/c1-24(2,3)29-20-19(18(28-29)22(31)25-14-15-8-6-5-7-9-15)33-23(26-20)27-21(30)16-10-12-17(32-4)13-11-16/h10-13,15H,5-9,14H2,1-4H3,(H,25,31)(H,26,27,30). The van der Waals surface area contributed by atoms with Crippen molar-refractivity contribution in [3.63, 3.8) is 0 Å². The molecule has 2 amide bonds. The second-order valence-corrected chi connectivity index (χ2v) is 10.5. The molecule has 8 nitrogen and oxygen atoms in total. The van der Waals surface area contributed by atoms with Crippen LogP contribution in [0.5, 0.6) is 5.75 Å². The molecular formula is C24H31N5O3S. The lowest BCUT2D eigenvalue weighted by Gasteiger charge is -2.21. The molecule has 1 aliphatic carbocycles. The summed E-state index contributed by atoms with van der Waals surface area (Å²) in [7, 11) is 1.58. The number of amides is 2. The molecule has 1 aromatic carbocycles. The molecule has 9 heteroatoms. The molecule has 1 fully saturated rings. The van der Waals surface area contributed by atoms with Crippen molar-refractivity contribution >= 4 is 38.6 Å². The van der Waals surface area contributed by atoms with E-state index in [-0.39, 0.29) is 17.4 Å². The SMILES string of the molecule is COc1ccc(C(=O)Nc2nc3c(s2)c(C(=O)NCC2CCCCC2)nn3C(C)(C)C)cc1. The minimum Gasteiger partial charge on any atom is -0.497 e. The Hall–Kier alpha value is -2.94. The van der Waals surface area contributed by atoms with Crippen molar-refractivity contribution in [2.24, 2.45) is 5.92 Å². The van der Waals surface area contributed by atoms with Gasteiger partial charge in [-0.05, 0) is 63.8 Å². The van der Waals surface area contributed by atoms with E-state index >= 15 is 0 Å². The highest BCUT2D eigenvalue weighted by molar-refractivity contribution is 7.22. The third kappa shape index (κ3) is 5.19. The second kappa shape index (κ2) is 9.51. The van der Waals surface area contributed by atoms with Crippen LogP contribution in [-0.4, -0.2) is 40.2 Å². The van der Waals surface area contributed by atoms with Gasteiger partial charge in [-0.1, -0.05) is 30.6 Å². The van der Waals surface area contributed by atoms with Gasteiger partial charge in [0.2, 0.25) is 0 Å². The number of rotatable bonds is 6. The van der Waals surface area contributed by atoms with Gasteiger partial charge in [0.25, 0.3) is 11.8 Å². The number of carbonyl (C=O) groups is 2. The van der Waals surface area contributed by atoms with E-state index in [4.69, 9.17) is 4.74 Å². The number of carbonyl (C=O) groups excluding carboxylic acids is 2. The first-order chi connectivity index (χ1) is 15.8. The largest absolute Gasteiger partial charge is 0.497 e. The van der Waals surface area contributed by atoms with Crippen LogP contribution in [-0.2, 0) is 5.54 Å². The molecule has 2 aromatic heterocycles. The molecule has 2 N–H and O–H groups in total. The topological polar surface area (TPSA) is 98.1 Å². The molecule has 0 spiro atoms. The number of aromatic nitrogens is 3. The van der Waals surface area contributed by atoms with Gasteiger partial charge in [-0.2, -0.15) is 10.1 Å². The molecule has 2 heterocycles. The van der Waals surface area contributed by atoms with E-state index < -0.39 is 0 Å². The lowest BCUT2D eigenvalue weighted by molar-refractivity contribution is 0.0938. The predicted molar refractivity (Wildman–Crippen MR) is 130 cm³/mol. The summed E-state index contributed by atoms with van der Waals surface area (Å²) in [6.45, 7) is 6.71. The fraction of sp³-hybridized carbons (Fsp3) is 0.500. The number of anilines is 1. The van der Waals surface area contributed by atoms with E-state index in [0.29, 0.717) is 44.9 Å². The summed E-state index contributed by atoms with van der Waals surface area (Å²) in [5.74, 6) is 0.752. The molecular weight excluding hydrogens is 438 g/mol. The van der Waals surface area contributed by atoms with Crippen LogP contribution < -0.4 is 15.4 Å². The van der Waals surface area contributed by atoms with Gasteiger partial charge in [-0.3, -0.25) is 14.9 Å². The van der Waals surface area contributed by atoms with Gasteiger partial charge >= 0.3 is 0 Å². The summed E-state index contributed by atoms with van der Waals surface area (Å²) in [6.07, 6.45) is 6.07. The maximum Gasteiger partial charge on any atom is 0.273 e. The van der Waals surface area contributed by atoms with E-state index in [9.17, 15) is 9.59 Å². The van der Waals surface area contributed by atoms with Gasteiger partial charge in [0, 0.05) is 12.1 Å². The Balaban J connectivity index is 1.57. The zero-order valence-corrected chi connectivity index (χ0v) is 20.4. The summed E-state index contributed by atoms with van der Waals surface area (Å²) in [6, 6.07) is 6.87. The van der Waals surface area contributed by atoms with Gasteiger partial charge in [0.15, 0.2) is 16.5 Å². The molecule has 1 aliphatic rings. The van der Waals surface area contributed by atoms with E-state index in [2.05, 4.69) is 20.7 Å². The van der Waals surface area contributed by atoms with Gasteiger partial charge in [-0.15, -0.1) is 0 Å². The fourth-order valence-electron chi connectivity index (χ4n) is 4.10. The van der Waals surface area contributed by atoms with Crippen LogP contribution in [0.1, 0.15) is 73.7 Å². The molecule has 4 rings (SSSR count). The van der Waals surface area contributed by atoms with Gasteiger partial charge < -0.3 is 10.1 Å². The predicted octanol–water partition coefficient (Wildman–Crippen LogP) is 4.82. The minimum absolute atomic E-state index is 0.190. The third-order valence-electron chi connectivity index (χ3n) is 5.92. The average Bonchev–Trinajstić information content (AvgIpc) is 3.36. The number of ether oxygens (including phenoxy) is 1. The number of nitrogens with one attached hydrogen (secondary N) is 2. The number of benzene rings is 1.